The first-order valence-electron chi connectivity index (χ1n) is 7.94. The highest BCUT2D eigenvalue weighted by Gasteiger charge is 2.29. The molecule has 1 N–H and O–H groups in total. The molecule has 2 aromatic carbocycles. The van der Waals surface area contributed by atoms with Gasteiger partial charge in [0.2, 0.25) is 11.7 Å². The minimum absolute atomic E-state index is 0.0794. The number of nitro groups is 1. The number of ether oxygens (including phenoxy) is 1. The average Bonchev–Trinajstić information content (AvgIpc) is 2.66. The van der Waals surface area contributed by atoms with E-state index >= 15 is 0 Å². The number of carbonyl (C=O) groups is 3. The summed E-state index contributed by atoms with van der Waals surface area (Å²) < 4.78 is 4.95. The second kappa shape index (κ2) is 8.00. The van der Waals surface area contributed by atoms with E-state index in [9.17, 15) is 24.5 Å². The number of fused-ring (bicyclic) bond motifs is 1. The van der Waals surface area contributed by atoms with Gasteiger partial charge in [-0.15, -0.1) is 11.8 Å². The normalized spacial score (nSPS) is 15.4. The van der Waals surface area contributed by atoms with Gasteiger partial charge in [0.05, 0.1) is 22.3 Å². The van der Waals surface area contributed by atoms with Crippen LogP contribution in [0.4, 0.5) is 11.4 Å². The molecule has 2 aromatic rings. The summed E-state index contributed by atoms with van der Waals surface area (Å²) in [6.45, 7) is -0.546. The Kier molecular flexibility index (Phi) is 5.51. The van der Waals surface area contributed by atoms with Gasteiger partial charge in [-0.05, 0) is 12.1 Å². The van der Waals surface area contributed by atoms with Crippen LogP contribution in [0, 0.1) is 10.1 Å². The van der Waals surface area contributed by atoms with Crippen molar-refractivity contribution >= 4 is 40.8 Å². The van der Waals surface area contributed by atoms with Gasteiger partial charge >= 0.3 is 5.97 Å². The predicted octanol–water partition coefficient (Wildman–Crippen LogP) is 2.82. The number of anilines is 1. The molecule has 0 unspecified atom stereocenters. The lowest BCUT2D eigenvalue weighted by molar-refractivity contribution is -0.384. The molecule has 0 radical (unpaired) electrons. The van der Waals surface area contributed by atoms with Crippen molar-refractivity contribution in [2.24, 2.45) is 0 Å². The third-order valence-electron chi connectivity index (χ3n) is 3.80. The number of amides is 1. The molecular weight excluding hydrogens is 372 g/mol. The lowest BCUT2D eigenvalue weighted by Crippen LogP contribution is -2.31. The van der Waals surface area contributed by atoms with Crippen molar-refractivity contribution in [2.45, 2.75) is 16.6 Å². The Morgan fingerprint density at radius 2 is 1.96 bits per heavy atom. The topological polar surface area (TPSA) is 116 Å². The van der Waals surface area contributed by atoms with Gasteiger partial charge in [-0.25, -0.2) is 0 Å². The summed E-state index contributed by atoms with van der Waals surface area (Å²) in [6, 6.07) is 12.4. The standard InChI is InChI=1S/C18H14N2O6S/c21-14(11-4-3-5-12(8-11)20(24)25)10-26-17(22)9-16-18(23)19-13-6-1-2-7-15(13)27-16/h1-8,16H,9-10H2,(H,19,23)/t16-/m0/s1. The second-order valence-electron chi connectivity index (χ2n) is 5.69. The highest BCUT2D eigenvalue weighted by Crippen LogP contribution is 2.36. The summed E-state index contributed by atoms with van der Waals surface area (Å²) in [5.74, 6) is -1.56. The molecule has 0 spiro atoms. The van der Waals surface area contributed by atoms with Crippen molar-refractivity contribution in [3.05, 3.63) is 64.2 Å². The van der Waals surface area contributed by atoms with Gasteiger partial charge in [-0.3, -0.25) is 24.5 Å². The molecular formula is C18H14N2O6S. The molecule has 1 aliphatic heterocycles. The summed E-state index contributed by atoms with van der Waals surface area (Å²) >= 11 is 1.26. The van der Waals surface area contributed by atoms with E-state index in [1.54, 1.807) is 12.1 Å². The van der Waals surface area contributed by atoms with Crippen LogP contribution >= 0.6 is 11.8 Å². The number of nitrogens with one attached hydrogen (secondary N) is 1. The first-order chi connectivity index (χ1) is 12.9. The van der Waals surface area contributed by atoms with Crippen LogP contribution in [0.2, 0.25) is 0 Å². The van der Waals surface area contributed by atoms with Gasteiger partial charge in [-0.1, -0.05) is 24.3 Å². The summed E-state index contributed by atoms with van der Waals surface area (Å²) in [7, 11) is 0. The van der Waals surface area contributed by atoms with Crippen LogP contribution in [0.1, 0.15) is 16.8 Å². The molecule has 1 aliphatic rings. The van der Waals surface area contributed by atoms with Crippen LogP contribution in [0.15, 0.2) is 53.4 Å². The number of hydrogen-bond donors (Lipinski definition) is 1. The molecule has 3 rings (SSSR count). The van der Waals surface area contributed by atoms with Gasteiger partial charge in [0, 0.05) is 22.6 Å². The predicted molar refractivity (Wildman–Crippen MR) is 97.7 cm³/mol. The largest absolute Gasteiger partial charge is 0.457 e. The molecule has 0 aromatic heterocycles. The molecule has 8 nitrogen and oxygen atoms in total. The quantitative estimate of drug-likeness (QED) is 0.351. The van der Waals surface area contributed by atoms with Crippen molar-refractivity contribution in [1.82, 2.24) is 0 Å². The number of esters is 1. The number of hydrogen-bond acceptors (Lipinski definition) is 7. The Bertz CT molecular complexity index is 930. The van der Waals surface area contributed by atoms with Crippen molar-refractivity contribution in [3.63, 3.8) is 0 Å². The Morgan fingerprint density at radius 1 is 1.19 bits per heavy atom. The van der Waals surface area contributed by atoms with E-state index in [1.165, 1.54) is 30.0 Å². The van der Waals surface area contributed by atoms with E-state index in [-0.39, 0.29) is 23.6 Å². The number of nitrogens with zero attached hydrogens (tertiary/aromatic N) is 1. The van der Waals surface area contributed by atoms with E-state index in [2.05, 4.69) is 5.32 Å². The molecule has 0 saturated heterocycles. The third kappa shape index (κ3) is 4.50. The number of Topliss-reactive ketones (excluding diaryl/α,β-unsaturated/α-hetero) is 1. The van der Waals surface area contributed by atoms with Gasteiger partial charge in [0.1, 0.15) is 0 Å². The zero-order valence-corrected chi connectivity index (χ0v) is 14.7. The van der Waals surface area contributed by atoms with Crippen molar-refractivity contribution in [2.75, 3.05) is 11.9 Å². The molecule has 0 bridgehead atoms. The Hall–Kier alpha value is -3.20. The molecule has 138 valence electrons. The van der Waals surface area contributed by atoms with Gasteiger partial charge < -0.3 is 10.1 Å². The highest BCUT2D eigenvalue weighted by atomic mass is 32.2. The lowest BCUT2D eigenvalue weighted by Gasteiger charge is -2.23. The summed E-state index contributed by atoms with van der Waals surface area (Å²) in [6.07, 6.45) is -0.187. The minimum Gasteiger partial charge on any atom is -0.457 e. The van der Waals surface area contributed by atoms with Gasteiger partial charge in [0.25, 0.3) is 5.69 Å². The van der Waals surface area contributed by atoms with Crippen LogP contribution in [0.5, 0.6) is 0 Å². The van der Waals surface area contributed by atoms with Crippen LogP contribution in [0.25, 0.3) is 0 Å². The first-order valence-corrected chi connectivity index (χ1v) is 8.82. The van der Waals surface area contributed by atoms with Crippen LogP contribution in [-0.2, 0) is 14.3 Å². The summed E-state index contributed by atoms with van der Waals surface area (Å²) in [4.78, 5) is 47.1. The van der Waals surface area contributed by atoms with E-state index in [0.29, 0.717) is 5.69 Å². The Morgan fingerprint density at radius 3 is 2.74 bits per heavy atom. The van der Waals surface area contributed by atoms with Gasteiger partial charge in [-0.2, -0.15) is 0 Å². The summed E-state index contributed by atoms with van der Waals surface area (Å²) in [5, 5.41) is 12.8. The number of rotatable bonds is 6. The molecule has 27 heavy (non-hydrogen) atoms. The van der Waals surface area contributed by atoms with E-state index in [1.807, 2.05) is 12.1 Å². The fraction of sp³-hybridized carbons (Fsp3) is 0.167. The average molecular weight is 386 g/mol. The first kappa shape index (κ1) is 18.6. The van der Waals surface area contributed by atoms with Crippen LogP contribution in [0.3, 0.4) is 0 Å². The number of non-ortho nitro benzene ring substituents is 1. The molecule has 0 saturated carbocycles. The molecule has 9 heteroatoms. The molecule has 1 amide bonds. The maximum Gasteiger partial charge on any atom is 0.307 e. The number of para-hydroxylation sites is 1. The van der Waals surface area contributed by atoms with E-state index < -0.39 is 28.5 Å². The zero-order valence-electron chi connectivity index (χ0n) is 13.9. The molecule has 0 fully saturated rings. The number of benzene rings is 2. The van der Waals surface area contributed by atoms with Gasteiger partial charge in [0.15, 0.2) is 6.61 Å². The molecule has 1 heterocycles. The molecule has 0 aliphatic carbocycles. The number of nitro benzene ring substituents is 1. The lowest BCUT2D eigenvalue weighted by atomic mass is 10.1. The van der Waals surface area contributed by atoms with Crippen molar-refractivity contribution in [3.8, 4) is 0 Å². The maximum atomic E-state index is 12.1. The summed E-state index contributed by atoms with van der Waals surface area (Å²) in [5.41, 5.74) is 0.551. The van der Waals surface area contributed by atoms with Crippen LogP contribution in [-0.4, -0.2) is 34.4 Å². The monoisotopic (exact) mass is 386 g/mol. The molecule has 1 atom stereocenters. The Labute approximate surface area is 158 Å². The Balaban J connectivity index is 1.55. The van der Waals surface area contributed by atoms with E-state index in [4.69, 9.17) is 4.74 Å². The maximum absolute atomic E-state index is 12.1. The minimum atomic E-state index is -0.694. The van der Waals surface area contributed by atoms with Crippen LogP contribution < -0.4 is 5.32 Å². The van der Waals surface area contributed by atoms with E-state index in [0.717, 1.165) is 11.0 Å². The van der Waals surface area contributed by atoms with Crippen molar-refractivity contribution < 1.29 is 24.0 Å². The number of thioether (sulfide) groups is 1. The fourth-order valence-corrected chi connectivity index (χ4v) is 3.55. The van der Waals surface area contributed by atoms with Crippen molar-refractivity contribution in [1.29, 1.82) is 0 Å². The third-order valence-corrected chi connectivity index (χ3v) is 5.08. The number of ketones is 1. The number of carbonyl (C=O) groups excluding carboxylic acids is 3. The zero-order chi connectivity index (χ0) is 19.4. The SMILES string of the molecule is O=C(C[C@@H]1Sc2ccccc2NC1=O)OCC(=O)c1cccc([N+](=O)[O-])c1. The fourth-order valence-electron chi connectivity index (χ4n) is 2.46. The second-order valence-corrected chi connectivity index (χ2v) is 6.93. The smallest absolute Gasteiger partial charge is 0.307 e. The highest BCUT2D eigenvalue weighted by molar-refractivity contribution is 8.01.